The van der Waals surface area contributed by atoms with Gasteiger partial charge in [-0.25, -0.2) is 19.9 Å². The number of nitrogens with zero attached hydrogens (tertiary/aromatic N) is 6. The lowest BCUT2D eigenvalue weighted by atomic mass is 10.0. The number of nitrogens with one attached hydrogen (secondary N) is 4. The van der Waals surface area contributed by atoms with E-state index < -0.39 is 17.9 Å². The van der Waals surface area contributed by atoms with E-state index >= 15 is 0 Å². The van der Waals surface area contributed by atoms with Crippen molar-refractivity contribution < 1.29 is 19.2 Å². The zero-order chi connectivity index (χ0) is 35.3. The molecule has 2 aromatic heterocycles. The fraction of sp³-hybridized carbons (Fsp3) is 0.440. The van der Waals surface area contributed by atoms with Gasteiger partial charge in [0.05, 0.1) is 0 Å². The van der Waals surface area contributed by atoms with Crippen LogP contribution < -0.4 is 55.7 Å². The SMILES string of the molecule is CC(C)[C@@H](NC(=O)CCCN=C(N)NC(=O)c1nc(Cl)c(N)nc1N)C(=O)NCCCCN=C(N)NC(=O)c1nc(Cl)c(N)nc1N. The molecule has 2 heterocycles. The van der Waals surface area contributed by atoms with Crippen molar-refractivity contribution in [2.45, 2.75) is 45.6 Å². The number of hydrogen-bond acceptors (Lipinski definition) is 14. The molecular weight excluding hydrogens is 659 g/mol. The number of anilines is 4. The van der Waals surface area contributed by atoms with Crippen LogP contribution in [0.3, 0.4) is 0 Å². The van der Waals surface area contributed by atoms with Crippen LogP contribution in [-0.4, -0.2) is 81.2 Å². The Morgan fingerprint density at radius 2 is 1.19 bits per heavy atom. The summed E-state index contributed by atoms with van der Waals surface area (Å²) in [6.45, 7) is 4.27. The largest absolute Gasteiger partial charge is 0.382 e. The van der Waals surface area contributed by atoms with Gasteiger partial charge in [0.15, 0.2) is 56.9 Å². The van der Waals surface area contributed by atoms with Crippen molar-refractivity contribution in [3.05, 3.63) is 21.7 Å². The van der Waals surface area contributed by atoms with Crippen molar-refractivity contribution in [2.75, 3.05) is 42.6 Å². The van der Waals surface area contributed by atoms with E-state index in [4.69, 9.17) is 57.6 Å². The van der Waals surface area contributed by atoms with Crippen LogP contribution in [0.1, 0.15) is 60.5 Å². The molecule has 1 atom stereocenters. The van der Waals surface area contributed by atoms with Gasteiger partial charge in [-0.3, -0.25) is 39.8 Å². The first-order valence-electron chi connectivity index (χ1n) is 14.1. The number of nitrogens with two attached hydrogens (primary N) is 6. The van der Waals surface area contributed by atoms with E-state index in [-0.39, 0.29) is 101 Å². The number of amides is 4. The van der Waals surface area contributed by atoms with Crippen molar-refractivity contribution in [1.29, 1.82) is 0 Å². The van der Waals surface area contributed by atoms with Crippen LogP contribution in [0.15, 0.2) is 9.98 Å². The Hall–Kier alpha value is -5.24. The normalized spacial score (nSPS) is 12.4. The Bertz CT molecular complexity index is 1530. The number of carbonyl (C=O) groups excluding carboxylic acids is 4. The molecule has 0 radical (unpaired) electrons. The van der Waals surface area contributed by atoms with Gasteiger partial charge in [0.25, 0.3) is 11.8 Å². The summed E-state index contributed by atoms with van der Waals surface area (Å²) in [5.41, 5.74) is 33.2. The van der Waals surface area contributed by atoms with Gasteiger partial charge in [-0.2, -0.15) is 0 Å². The zero-order valence-electron chi connectivity index (χ0n) is 25.6. The molecule has 0 aliphatic heterocycles. The third-order valence-electron chi connectivity index (χ3n) is 6.00. The summed E-state index contributed by atoms with van der Waals surface area (Å²) in [7, 11) is 0. The molecule has 0 saturated carbocycles. The number of aliphatic imine (C=N–C) groups is 2. The minimum atomic E-state index is -0.787. The van der Waals surface area contributed by atoms with Crippen LogP contribution in [0, 0.1) is 5.92 Å². The lowest BCUT2D eigenvalue weighted by Gasteiger charge is -2.21. The zero-order valence-corrected chi connectivity index (χ0v) is 27.2. The molecule has 0 saturated heterocycles. The molecule has 0 aliphatic carbocycles. The quantitative estimate of drug-likeness (QED) is 0.0611. The molecule has 0 spiro atoms. The Balaban J connectivity index is 1.71. The third-order valence-corrected chi connectivity index (χ3v) is 6.56. The van der Waals surface area contributed by atoms with Crippen LogP contribution in [0.5, 0.6) is 0 Å². The Morgan fingerprint density at radius 1 is 0.723 bits per heavy atom. The predicted octanol–water partition coefficient (Wildman–Crippen LogP) is -1.49. The molecule has 2 rings (SSSR count). The van der Waals surface area contributed by atoms with Crippen LogP contribution in [0.4, 0.5) is 23.3 Å². The van der Waals surface area contributed by atoms with Crippen LogP contribution in [-0.2, 0) is 9.59 Å². The maximum atomic E-state index is 12.7. The van der Waals surface area contributed by atoms with Crippen molar-refractivity contribution in [3.63, 3.8) is 0 Å². The number of nitrogen functional groups attached to an aromatic ring is 4. The molecule has 2 aromatic rings. The highest BCUT2D eigenvalue weighted by atomic mass is 35.5. The molecular formula is C25H38Cl2N16O4. The van der Waals surface area contributed by atoms with E-state index in [1.807, 2.05) is 0 Å². The second-order valence-corrected chi connectivity index (χ2v) is 10.8. The Labute approximate surface area is 279 Å². The molecule has 0 fully saturated rings. The van der Waals surface area contributed by atoms with E-state index in [9.17, 15) is 19.2 Å². The standard InChI is InChI=1S/C25H38Cl2N16O4/c1-10(2)12(37-11(44)6-5-9-36-25(33)43-23(47)14-18(29)41-20(31)16(27)39-14)21(45)34-7-3-4-8-35-24(32)42-22(46)13-17(28)40-19(30)15(26)38-13/h10,12H,3-9H2,1-2H3,(H,34,45)(H,37,44)(H4,28,30,40)(H4,29,31,41)(H3,32,35,42,46)(H3,33,36,43,47)/t12-/m1/s1. The second kappa shape index (κ2) is 18.0. The number of hydrogen-bond donors (Lipinski definition) is 10. The monoisotopic (exact) mass is 696 g/mol. The van der Waals surface area contributed by atoms with Crippen molar-refractivity contribution in [1.82, 2.24) is 41.2 Å². The minimum absolute atomic E-state index is 0.0493. The summed E-state index contributed by atoms with van der Waals surface area (Å²) in [5, 5.41) is 9.76. The van der Waals surface area contributed by atoms with Gasteiger partial charge in [-0.15, -0.1) is 0 Å². The maximum absolute atomic E-state index is 12.7. The highest BCUT2D eigenvalue weighted by Crippen LogP contribution is 2.18. The molecule has 0 bridgehead atoms. The van der Waals surface area contributed by atoms with Crippen LogP contribution in [0.2, 0.25) is 10.3 Å². The van der Waals surface area contributed by atoms with Crippen molar-refractivity contribution in [2.24, 2.45) is 27.4 Å². The molecule has 0 aliphatic rings. The molecule has 22 heteroatoms. The average Bonchev–Trinajstić information content (AvgIpc) is 2.99. The lowest BCUT2D eigenvalue weighted by molar-refractivity contribution is -0.130. The second-order valence-electron chi connectivity index (χ2n) is 10.1. The van der Waals surface area contributed by atoms with E-state index in [1.165, 1.54) is 0 Å². The first kappa shape index (κ1) is 37.9. The van der Waals surface area contributed by atoms with Gasteiger partial charge >= 0.3 is 0 Å². The fourth-order valence-electron chi connectivity index (χ4n) is 3.62. The first-order chi connectivity index (χ1) is 22.1. The van der Waals surface area contributed by atoms with Crippen LogP contribution >= 0.6 is 23.2 Å². The molecule has 0 aromatic carbocycles. The number of unbranched alkanes of at least 4 members (excludes halogenated alkanes) is 1. The predicted molar refractivity (Wildman–Crippen MR) is 178 cm³/mol. The number of rotatable bonds is 14. The van der Waals surface area contributed by atoms with Gasteiger partial charge in [0, 0.05) is 26.1 Å². The molecule has 20 nitrogen and oxygen atoms in total. The summed E-state index contributed by atoms with van der Waals surface area (Å²) >= 11 is 11.6. The lowest BCUT2D eigenvalue weighted by Crippen LogP contribution is -2.49. The van der Waals surface area contributed by atoms with Gasteiger partial charge in [-0.05, 0) is 25.2 Å². The van der Waals surface area contributed by atoms with Gasteiger partial charge in [-0.1, -0.05) is 37.0 Å². The number of halogens is 2. The highest BCUT2D eigenvalue weighted by Gasteiger charge is 2.24. The Morgan fingerprint density at radius 3 is 1.66 bits per heavy atom. The van der Waals surface area contributed by atoms with E-state index in [0.29, 0.717) is 19.4 Å². The van der Waals surface area contributed by atoms with Gasteiger partial charge < -0.3 is 45.0 Å². The number of aromatic nitrogens is 4. The summed E-state index contributed by atoms with van der Waals surface area (Å²) < 4.78 is 0. The van der Waals surface area contributed by atoms with Crippen molar-refractivity contribution >= 4 is 82.0 Å². The van der Waals surface area contributed by atoms with Gasteiger partial charge in [0.1, 0.15) is 6.04 Å². The average molecular weight is 698 g/mol. The summed E-state index contributed by atoms with van der Waals surface area (Å²) in [4.78, 5) is 72.8. The topological polar surface area (TPSA) is 349 Å². The number of carbonyl (C=O) groups is 4. The molecule has 47 heavy (non-hydrogen) atoms. The van der Waals surface area contributed by atoms with E-state index in [1.54, 1.807) is 13.8 Å². The Kier molecular flexibility index (Phi) is 14.6. The molecule has 4 amide bonds. The van der Waals surface area contributed by atoms with Crippen molar-refractivity contribution in [3.8, 4) is 0 Å². The first-order valence-corrected chi connectivity index (χ1v) is 14.8. The summed E-state index contributed by atoms with van der Waals surface area (Å²) in [5.74, 6) is -3.54. The third kappa shape index (κ3) is 12.2. The highest BCUT2D eigenvalue weighted by molar-refractivity contribution is 6.32. The summed E-state index contributed by atoms with van der Waals surface area (Å²) in [6, 6.07) is -0.769. The molecule has 16 N–H and O–H groups in total. The molecule has 256 valence electrons. The van der Waals surface area contributed by atoms with Crippen LogP contribution in [0.25, 0.3) is 0 Å². The summed E-state index contributed by atoms with van der Waals surface area (Å²) in [6.07, 6.45) is 1.41. The fourth-order valence-corrected chi connectivity index (χ4v) is 3.88. The number of guanidine groups is 2. The van der Waals surface area contributed by atoms with E-state index in [2.05, 4.69) is 51.2 Å². The molecule has 0 unspecified atom stereocenters. The van der Waals surface area contributed by atoms with Gasteiger partial charge in [0.2, 0.25) is 11.8 Å². The van der Waals surface area contributed by atoms with E-state index in [0.717, 1.165) is 0 Å². The smallest absolute Gasteiger partial charge is 0.280 e. The maximum Gasteiger partial charge on any atom is 0.280 e. The minimum Gasteiger partial charge on any atom is -0.382 e.